The molecule has 134 valence electrons. The SMILES string of the molecule is O=S1(=O)NC(=NCC23CC4CC(CC(C4)C2)C3)O[C@H]2CCCC[C@H]21. The topological polar surface area (TPSA) is 67.8 Å². The number of hydrogen-bond donors (Lipinski definition) is 1. The molecule has 5 saturated carbocycles. The Labute approximate surface area is 144 Å². The van der Waals surface area contributed by atoms with Crippen molar-refractivity contribution >= 4 is 16.0 Å². The zero-order chi connectivity index (χ0) is 16.4. The predicted molar refractivity (Wildman–Crippen MR) is 92.1 cm³/mol. The lowest BCUT2D eigenvalue weighted by Gasteiger charge is -2.56. The fourth-order valence-corrected chi connectivity index (χ4v) is 8.29. The molecule has 0 aromatic carbocycles. The monoisotopic (exact) mass is 352 g/mol. The highest BCUT2D eigenvalue weighted by Crippen LogP contribution is 2.60. The van der Waals surface area contributed by atoms with Gasteiger partial charge in [-0.15, -0.1) is 0 Å². The van der Waals surface area contributed by atoms with E-state index in [4.69, 9.17) is 4.74 Å². The summed E-state index contributed by atoms with van der Waals surface area (Å²) in [5.74, 6) is 2.68. The van der Waals surface area contributed by atoms with Crippen LogP contribution in [0.1, 0.15) is 64.2 Å². The number of hydrogen-bond acceptors (Lipinski definition) is 4. The fraction of sp³-hybridized carbons (Fsp3) is 0.944. The molecule has 1 saturated heterocycles. The standard InChI is InChI=1S/C18H28N2O3S/c21-24(22)16-4-2-1-3-15(16)23-17(20-24)19-11-18-8-12-5-13(9-18)7-14(6-12)10-18/h12-16H,1-11H2,(H,19,20)/t12?,13?,14?,15-,16+,18?/m0/s1. The molecule has 6 fully saturated rings. The smallest absolute Gasteiger partial charge is 0.298 e. The summed E-state index contributed by atoms with van der Waals surface area (Å²) in [4.78, 5) is 4.66. The number of ether oxygens (including phenoxy) is 1. The maximum atomic E-state index is 12.5. The van der Waals surface area contributed by atoms with E-state index in [2.05, 4.69) is 9.71 Å². The number of amidine groups is 1. The summed E-state index contributed by atoms with van der Waals surface area (Å²) in [5, 5.41) is -0.384. The molecular formula is C18H28N2O3S. The number of fused-ring (bicyclic) bond motifs is 1. The van der Waals surface area contributed by atoms with E-state index in [-0.39, 0.29) is 17.4 Å². The lowest BCUT2D eigenvalue weighted by Crippen LogP contribution is -2.54. The van der Waals surface area contributed by atoms with Gasteiger partial charge in [0.1, 0.15) is 11.4 Å². The van der Waals surface area contributed by atoms with E-state index in [1.165, 1.54) is 38.5 Å². The van der Waals surface area contributed by atoms with Gasteiger partial charge >= 0.3 is 0 Å². The number of aliphatic imine (C=N–C) groups is 1. The van der Waals surface area contributed by atoms with Gasteiger partial charge < -0.3 is 4.74 Å². The molecule has 6 rings (SSSR count). The molecule has 0 spiro atoms. The van der Waals surface area contributed by atoms with E-state index in [9.17, 15) is 8.42 Å². The molecule has 0 aromatic rings. The highest BCUT2D eigenvalue weighted by molar-refractivity contribution is 7.90. The Morgan fingerprint density at radius 2 is 1.67 bits per heavy atom. The zero-order valence-electron chi connectivity index (χ0n) is 14.2. The van der Waals surface area contributed by atoms with Crippen molar-refractivity contribution in [1.82, 2.24) is 4.72 Å². The molecule has 0 aromatic heterocycles. The van der Waals surface area contributed by atoms with Crippen LogP contribution in [0.4, 0.5) is 0 Å². The van der Waals surface area contributed by atoms with E-state index >= 15 is 0 Å². The Kier molecular flexibility index (Phi) is 3.45. The highest BCUT2D eigenvalue weighted by atomic mass is 32.2. The number of nitrogens with zero attached hydrogens (tertiary/aromatic N) is 1. The highest BCUT2D eigenvalue weighted by Gasteiger charge is 2.51. The molecule has 6 heteroatoms. The predicted octanol–water partition coefficient (Wildman–Crippen LogP) is 2.82. The lowest BCUT2D eigenvalue weighted by molar-refractivity contribution is -0.0469. The number of sulfonamides is 1. The quantitative estimate of drug-likeness (QED) is 0.831. The second kappa shape index (κ2) is 5.36. The van der Waals surface area contributed by atoms with Crippen LogP contribution in [0.2, 0.25) is 0 Å². The number of nitrogens with one attached hydrogen (secondary N) is 1. The van der Waals surface area contributed by atoms with Gasteiger partial charge in [-0.1, -0.05) is 6.42 Å². The van der Waals surface area contributed by atoms with Crippen LogP contribution < -0.4 is 4.72 Å². The van der Waals surface area contributed by atoms with Crippen molar-refractivity contribution in [2.24, 2.45) is 28.2 Å². The van der Waals surface area contributed by atoms with Gasteiger partial charge in [-0.25, -0.2) is 18.1 Å². The molecule has 1 aliphatic heterocycles. The minimum Gasteiger partial charge on any atom is -0.460 e. The maximum absolute atomic E-state index is 12.5. The van der Waals surface area contributed by atoms with E-state index in [1.807, 2.05) is 0 Å². The third-order valence-corrected chi connectivity index (χ3v) is 9.05. The minimum absolute atomic E-state index is 0.194. The first-order chi connectivity index (χ1) is 11.5. The molecule has 6 aliphatic rings. The van der Waals surface area contributed by atoms with Crippen LogP contribution in [-0.2, 0) is 14.8 Å². The van der Waals surface area contributed by atoms with E-state index in [0.717, 1.165) is 43.6 Å². The van der Waals surface area contributed by atoms with E-state index in [0.29, 0.717) is 11.8 Å². The van der Waals surface area contributed by atoms with Gasteiger partial charge in [-0.05, 0) is 81.0 Å². The van der Waals surface area contributed by atoms with Gasteiger partial charge in [0, 0.05) is 0 Å². The van der Waals surface area contributed by atoms with Crippen LogP contribution >= 0.6 is 0 Å². The summed E-state index contributed by atoms with van der Waals surface area (Å²) in [7, 11) is -3.32. The molecule has 0 radical (unpaired) electrons. The summed E-state index contributed by atoms with van der Waals surface area (Å²) < 4.78 is 33.5. The Morgan fingerprint density at radius 1 is 1.04 bits per heavy atom. The van der Waals surface area contributed by atoms with E-state index in [1.54, 1.807) is 0 Å². The van der Waals surface area contributed by atoms with Crippen molar-refractivity contribution in [1.29, 1.82) is 0 Å². The van der Waals surface area contributed by atoms with Crippen molar-refractivity contribution in [3.63, 3.8) is 0 Å². The normalized spacial score (nSPS) is 50.2. The van der Waals surface area contributed by atoms with Crippen LogP contribution in [-0.4, -0.2) is 32.3 Å². The average Bonchev–Trinajstić information content (AvgIpc) is 2.51. The van der Waals surface area contributed by atoms with Gasteiger partial charge in [0.2, 0.25) is 10.0 Å². The molecule has 1 heterocycles. The third-order valence-electron chi connectivity index (χ3n) is 7.26. The summed E-state index contributed by atoms with van der Waals surface area (Å²) in [6.07, 6.45) is 11.5. The van der Waals surface area contributed by atoms with Gasteiger partial charge in [0.05, 0.1) is 6.54 Å². The second-order valence-corrected chi connectivity index (χ2v) is 11.1. The molecule has 24 heavy (non-hydrogen) atoms. The van der Waals surface area contributed by atoms with E-state index < -0.39 is 10.0 Å². The molecule has 0 amide bonds. The maximum Gasteiger partial charge on any atom is 0.298 e. The van der Waals surface area contributed by atoms with Crippen LogP contribution in [0, 0.1) is 23.2 Å². The Balaban J connectivity index is 1.33. The molecule has 4 bridgehead atoms. The second-order valence-electron chi connectivity index (χ2n) is 9.17. The van der Waals surface area contributed by atoms with Crippen molar-refractivity contribution < 1.29 is 13.2 Å². The lowest BCUT2D eigenvalue weighted by atomic mass is 9.49. The van der Waals surface area contributed by atoms with Crippen molar-refractivity contribution in [2.75, 3.05) is 6.54 Å². The summed E-state index contributed by atoms with van der Waals surface area (Å²) in [5.41, 5.74) is 0.319. The van der Waals surface area contributed by atoms with Crippen molar-refractivity contribution in [2.45, 2.75) is 75.6 Å². The molecule has 0 unspecified atom stereocenters. The number of rotatable bonds is 2. The molecular weight excluding hydrogens is 324 g/mol. The Morgan fingerprint density at radius 3 is 2.33 bits per heavy atom. The first-order valence-corrected chi connectivity index (χ1v) is 11.3. The van der Waals surface area contributed by atoms with Crippen LogP contribution in [0.15, 0.2) is 4.99 Å². The summed E-state index contributed by atoms with van der Waals surface area (Å²) in [6.45, 7) is 0.742. The van der Waals surface area contributed by atoms with Crippen LogP contribution in [0.5, 0.6) is 0 Å². The van der Waals surface area contributed by atoms with Gasteiger partial charge in [0.15, 0.2) is 0 Å². The summed E-state index contributed by atoms with van der Waals surface area (Å²) >= 11 is 0. The van der Waals surface area contributed by atoms with Gasteiger partial charge in [-0.2, -0.15) is 0 Å². The Bertz CT molecular complexity index is 622. The van der Waals surface area contributed by atoms with Crippen LogP contribution in [0.3, 0.4) is 0 Å². The molecule has 5 nitrogen and oxygen atoms in total. The fourth-order valence-electron chi connectivity index (χ4n) is 6.71. The van der Waals surface area contributed by atoms with Gasteiger partial charge in [0.25, 0.3) is 6.02 Å². The van der Waals surface area contributed by atoms with Crippen molar-refractivity contribution in [3.8, 4) is 0 Å². The first kappa shape index (κ1) is 15.5. The zero-order valence-corrected chi connectivity index (χ0v) is 15.1. The van der Waals surface area contributed by atoms with Crippen LogP contribution in [0.25, 0.3) is 0 Å². The summed E-state index contributed by atoms with van der Waals surface area (Å²) in [6, 6.07) is 0.272. The Hall–Kier alpha value is -0.780. The molecule has 1 N–H and O–H groups in total. The van der Waals surface area contributed by atoms with Crippen molar-refractivity contribution in [3.05, 3.63) is 0 Å². The van der Waals surface area contributed by atoms with Gasteiger partial charge in [-0.3, -0.25) is 0 Å². The third kappa shape index (κ3) is 2.56. The minimum atomic E-state index is -3.32. The average molecular weight is 353 g/mol. The largest absolute Gasteiger partial charge is 0.460 e. The molecule has 2 atom stereocenters. The molecule has 5 aliphatic carbocycles. The first-order valence-electron chi connectivity index (χ1n) is 9.74.